The number of hydrogen-bond acceptors (Lipinski definition) is 6. The average molecular weight is 339 g/mol. The minimum Gasteiger partial charge on any atom is -0.366 e. The second-order valence-corrected chi connectivity index (χ2v) is 6.82. The van der Waals surface area contributed by atoms with E-state index in [-0.39, 0.29) is 5.91 Å². The number of aryl methyl sites for hydroxylation is 1. The smallest absolute Gasteiger partial charge is 0.251 e. The molecule has 0 saturated carbocycles. The zero-order valence-electron chi connectivity index (χ0n) is 12.3. The van der Waals surface area contributed by atoms with E-state index in [2.05, 4.69) is 27.4 Å². The summed E-state index contributed by atoms with van der Waals surface area (Å²) in [6.45, 7) is 3.82. The van der Waals surface area contributed by atoms with Crippen molar-refractivity contribution in [2.75, 3.05) is 5.32 Å². The second kappa shape index (κ2) is 7.41. The van der Waals surface area contributed by atoms with E-state index in [1.165, 1.54) is 23.1 Å². The van der Waals surface area contributed by atoms with Crippen molar-refractivity contribution in [1.29, 1.82) is 0 Å². The maximum Gasteiger partial charge on any atom is 0.251 e. The Kier molecular flexibility index (Phi) is 5.56. The molecule has 0 radical (unpaired) electrons. The number of H-pyrrole nitrogens is 1. The zero-order valence-corrected chi connectivity index (χ0v) is 13.9. The van der Waals surface area contributed by atoms with Crippen molar-refractivity contribution in [2.24, 2.45) is 5.73 Å². The van der Waals surface area contributed by atoms with E-state index in [9.17, 15) is 9.59 Å². The number of carbonyl (C=O) groups excluding carboxylic acids is 2. The molecule has 118 valence electrons. The van der Waals surface area contributed by atoms with Crippen molar-refractivity contribution in [3.63, 3.8) is 0 Å². The first-order chi connectivity index (χ1) is 10.5. The van der Waals surface area contributed by atoms with Gasteiger partial charge < -0.3 is 11.1 Å². The lowest BCUT2D eigenvalue weighted by atomic mass is 10.3. The molecule has 0 aromatic carbocycles. The molecule has 0 saturated heterocycles. The largest absolute Gasteiger partial charge is 0.366 e. The van der Waals surface area contributed by atoms with Gasteiger partial charge in [0.25, 0.3) is 5.91 Å². The lowest BCUT2D eigenvalue weighted by molar-refractivity contribution is -0.115. The minimum absolute atomic E-state index is 0.225. The highest BCUT2D eigenvalue weighted by atomic mass is 32.2. The third-order valence-corrected chi connectivity index (χ3v) is 4.61. The number of thiophene rings is 1. The molecule has 0 aliphatic heterocycles. The van der Waals surface area contributed by atoms with E-state index in [0.29, 0.717) is 15.7 Å². The van der Waals surface area contributed by atoms with Gasteiger partial charge in [0.15, 0.2) is 0 Å². The number of rotatable bonds is 7. The number of thioether (sulfide) groups is 1. The molecule has 22 heavy (non-hydrogen) atoms. The van der Waals surface area contributed by atoms with E-state index < -0.39 is 11.2 Å². The SMILES string of the molecule is CCCc1nc(SC(C)C(=O)Nc2sccc2C(N)=O)n[nH]1. The number of aromatic nitrogens is 3. The third kappa shape index (κ3) is 4.08. The molecule has 9 heteroatoms. The second-order valence-electron chi connectivity index (χ2n) is 4.59. The number of hydrogen-bond donors (Lipinski definition) is 3. The molecular formula is C13H17N5O2S2. The number of nitrogens with two attached hydrogens (primary N) is 1. The average Bonchev–Trinajstić information content (AvgIpc) is 3.08. The number of carbonyl (C=O) groups is 2. The van der Waals surface area contributed by atoms with Gasteiger partial charge in [-0.2, -0.15) is 0 Å². The molecule has 0 spiro atoms. The Bertz CT molecular complexity index is 667. The number of aromatic amines is 1. The fraction of sp³-hybridized carbons (Fsp3) is 0.385. The van der Waals surface area contributed by atoms with E-state index in [0.717, 1.165) is 18.7 Å². The number of primary amides is 1. The predicted molar refractivity (Wildman–Crippen MR) is 87.2 cm³/mol. The van der Waals surface area contributed by atoms with Gasteiger partial charge in [0.05, 0.1) is 10.8 Å². The van der Waals surface area contributed by atoms with Crippen molar-refractivity contribution in [3.8, 4) is 0 Å². The lowest BCUT2D eigenvalue weighted by Gasteiger charge is -2.09. The molecule has 0 fully saturated rings. The fourth-order valence-corrected chi connectivity index (χ4v) is 3.24. The molecule has 0 aliphatic rings. The molecule has 0 bridgehead atoms. The van der Waals surface area contributed by atoms with E-state index in [4.69, 9.17) is 5.73 Å². The molecule has 1 unspecified atom stereocenters. The highest BCUT2D eigenvalue weighted by Crippen LogP contribution is 2.25. The molecule has 0 aliphatic carbocycles. The molecule has 2 rings (SSSR count). The molecule has 2 aromatic rings. The van der Waals surface area contributed by atoms with Crippen LogP contribution in [-0.2, 0) is 11.2 Å². The van der Waals surface area contributed by atoms with Crippen LogP contribution in [0.15, 0.2) is 16.6 Å². The molecule has 1 atom stereocenters. The van der Waals surface area contributed by atoms with Gasteiger partial charge in [-0.25, -0.2) is 4.98 Å². The molecular weight excluding hydrogens is 322 g/mol. The van der Waals surface area contributed by atoms with E-state index in [1.54, 1.807) is 18.4 Å². The number of anilines is 1. The van der Waals surface area contributed by atoms with Crippen LogP contribution in [0.1, 0.15) is 36.5 Å². The number of nitrogens with zero attached hydrogens (tertiary/aromatic N) is 2. The third-order valence-electron chi connectivity index (χ3n) is 2.82. The van der Waals surface area contributed by atoms with Gasteiger partial charge in [0, 0.05) is 6.42 Å². The molecule has 2 aromatic heterocycles. The Morgan fingerprint density at radius 3 is 3.00 bits per heavy atom. The Morgan fingerprint density at radius 2 is 2.32 bits per heavy atom. The van der Waals surface area contributed by atoms with Crippen LogP contribution in [0.3, 0.4) is 0 Å². The van der Waals surface area contributed by atoms with Gasteiger partial charge >= 0.3 is 0 Å². The fourth-order valence-electron chi connectivity index (χ4n) is 1.70. The van der Waals surface area contributed by atoms with Crippen LogP contribution in [0.2, 0.25) is 0 Å². The zero-order chi connectivity index (χ0) is 16.1. The Morgan fingerprint density at radius 1 is 1.55 bits per heavy atom. The van der Waals surface area contributed by atoms with Gasteiger partial charge in [-0.05, 0) is 24.8 Å². The first-order valence-corrected chi connectivity index (χ1v) is 8.53. The summed E-state index contributed by atoms with van der Waals surface area (Å²) in [6.07, 6.45) is 1.80. The van der Waals surface area contributed by atoms with Gasteiger partial charge in [-0.3, -0.25) is 14.7 Å². The summed E-state index contributed by atoms with van der Waals surface area (Å²) in [6, 6.07) is 1.59. The van der Waals surface area contributed by atoms with Crippen molar-refractivity contribution >= 4 is 39.9 Å². The lowest BCUT2D eigenvalue weighted by Crippen LogP contribution is -2.23. The van der Waals surface area contributed by atoms with Crippen LogP contribution < -0.4 is 11.1 Å². The highest BCUT2D eigenvalue weighted by molar-refractivity contribution is 8.00. The molecule has 2 amide bonds. The number of nitrogens with one attached hydrogen (secondary N) is 2. The van der Waals surface area contributed by atoms with Gasteiger partial charge in [-0.1, -0.05) is 18.7 Å². The standard InChI is InChI=1S/C13H17N5O2S2/c1-3-4-9-15-13(18-17-9)22-7(2)11(20)16-12-8(10(14)19)5-6-21-12/h5-7H,3-4H2,1-2H3,(H2,14,19)(H,16,20)(H,15,17,18). The van der Waals surface area contributed by atoms with Crippen LogP contribution >= 0.6 is 23.1 Å². The summed E-state index contributed by atoms with van der Waals surface area (Å²) >= 11 is 2.52. The summed E-state index contributed by atoms with van der Waals surface area (Å²) in [4.78, 5) is 27.7. The Hall–Kier alpha value is -1.87. The van der Waals surface area contributed by atoms with Crippen LogP contribution in [0.4, 0.5) is 5.00 Å². The topological polar surface area (TPSA) is 114 Å². The van der Waals surface area contributed by atoms with Crippen LogP contribution in [0.25, 0.3) is 0 Å². The quantitative estimate of drug-likeness (QED) is 0.668. The first-order valence-electron chi connectivity index (χ1n) is 6.77. The number of amides is 2. The van der Waals surface area contributed by atoms with Gasteiger partial charge in [0.1, 0.15) is 10.8 Å². The maximum atomic E-state index is 12.2. The normalized spacial score (nSPS) is 12.1. The monoisotopic (exact) mass is 339 g/mol. The summed E-state index contributed by atoms with van der Waals surface area (Å²) in [5.41, 5.74) is 5.57. The van der Waals surface area contributed by atoms with Gasteiger partial charge in [-0.15, -0.1) is 16.4 Å². The maximum absolute atomic E-state index is 12.2. The van der Waals surface area contributed by atoms with Crippen LogP contribution in [0, 0.1) is 0 Å². The van der Waals surface area contributed by atoms with Crippen molar-refractivity contribution < 1.29 is 9.59 Å². The molecule has 7 nitrogen and oxygen atoms in total. The van der Waals surface area contributed by atoms with Crippen molar-refractivity contribution in [1.82, 2.24) is 15.2 Å². The summed E-state index contributed by atoms with van der Waals surface area (Å²) in [7, 11) is 0. The summed E-state index contributed by atoms with van der Waals surface area (Å²) in [5.74, 6) is 0.0266. The first kappa shape index (κ1) is 16.5. The molecule has 4 N–H and O–H groups in total. The van der Waals surface area contributed by atoms with Crippen molar-refractivity contribution in [3.05, 3.63) is 22.8 Å². The highest BCUT2D eigenvalue weighted by Gasteiger charge is 2.20. The Labute approximate surface area is 136 Å². The molecule has 2 heterocycles. The van der Waals surface area contributed by atoms with Crippen molar-refractivity contribution in [2.45, 2.75) is 37.1 Å². The van der Waals surface area contributed by atoms with Gasteiger partial charge in [0.2, 0.25) is 11.1 Å². The Balaban J connectivity index is 1.96. The van der Waals surface area contributed by atoms with Crippen LogP contribution in [0.5, 0.6) is 0 Å². The predicted octanol–water partition coefficient (Wildman–Crippen LogP) is 2.04. The van der Waals surface area contributed by atoms with E-state index in [1.807, 2.05) is 0 Å². The summed E-state index contributed by atoms with van der Waals surface area (Å²) in [5, 5.41) is 12.0. The minimum atomic E-state index is -0.560. The van der Waals surface area contributed by atoms with E-state index >= 15 is 0 Å². The summed E-state index contributed by atoms with van der Waals surface area (Å²) < 4.78 is 0. The van der Waals surface area contributed by atoms with Crippen LogP contribution in [-0.4, -0.2) is 32.2 Å².